The summed E-state index contributed by atoms with van der Waals surface area (Å²) >= 11 is 0. The highest BCUT2D eigenvalue weighted by atomic mass is 19.1. The second kappa shape index (κ2) is 10.6. The first-order valence-electron chi connectivity index (χ1n) is 11.5. The molecular formula is C24H30FN7O. The van der Waals surface area contributed by atoms with E-state index in [0.29, 0.717) is 18.2 Å². The Morgan fingerprint density at radius 3 is 2.58 bits per heavy atom. The van der Waals surface area contributed by atoms with Crippen molar-refractivity contribution in [1.29, 1.82) is 0 Å². The van der Waals surface area contributed by atoms with Gasteiger partial charge >= 0.3 is 6.03 Å². The molecule has 0 unspecified atom stereocenters. The smallest absolute Gasteiger partial charge is 0.319 e. The van der Waals surface area contributed by atoms with Crippen LogP contribution in [0, 0.1) is 11.7 Å². The Morgan fingerprint density at radius 2 is 1.85 bits per heavy atom. The maximum atomic E-state index is 13.1. The summed E-state index contributed by atoms with van der Waals surface area (Å²) in [5.41, 5.74) is 1.86. The van der Waals surface area contributed by atoms with E-state index in [0.717, 1.165) is 50.9 Å². The van der Waals surface area contributed by atoms with E-state index >= 15 is 0 Å². The second-order valence-electron chi connectivity index (χ2n) is 8.83. The summed E-state index contributed by atoms with van der Waals surface area (Å²) in [5.74, 6) is 0.475. The van der Waals surface area contributed by atoms with Crippen molar-refractivity contribution in [2.75, 3.05) is 31.5 Å². The van der Waals surface area contributed by atoms with Gasteiger partial charge in [0.15, 0.2) is 0 Å². The number of anilines is 1. The number of hydrogen-bond donors (Lipinski definition) is 2. The number of rotatable bonds is 8. The van der Waals surface area contributed by atoms with E-state index in [-0.39, 0.29) is 11.8 Å². The van der Waals surface area contributed by atoms with Crippen LogP contribution in [0.25, 0.3) is 0 Å². The Bertz CT molecular complexity index is 988. The standard InChI is InChI=1S/C24H30FN7O/c1-24(28-30-31-29-24)20-4-2-5-22(17-20)27-23(33)26-12-3-13-32-14-10-19(11-15-32)16-18-6-8-21(25)9-7-18/h2,4-9,17,19H,3,10-16H2,1H3,(H2,26,27,33). The lowest BCUT2D eigenvalue weighted by atomic mass is 9.90. The first-order valence-corrected chi connectivity index (χ1v) is 11.5. The molecule has 0 atom stereocenters. The highest BCUT2D eigenvalue weighted by Gasteiger charge is 2.29. The number of amides is 2. The molecule has 2 N–H and O–H groups in total. The first-order chi connectivity index (χ1) is 16.0. The molecule has 0 radical (unpaired) electrons. The lowest BCUT2D eigenvalue weighted by Crippen LogP contribution is -2.37. The molecule has 4 rings (SSSR count). The van der Waals surface area contributed by atoms with Crippen LogP contribution in [-0.4, -0.2) is 37.1 Å². The summed E-state index contributed by atoms with van der Waals surface area (Å²) in [4.78, 5) is 14.7. The Hall–Kier alpha value is -3.20. The Labute approximate surface area is 193 Å². The molecule has 2 aliphatic heterocycles. The van der Waals surface area contributed by atoms with E-state index in [1.807, 2.05) is 43.3 Å². The van der Waals surface area contributed by atoms with E-state index in [1.165, 1.54) is 17.7 Å². The molecule has 8 nitrogen and oxygen atoms in total. The number of halogens is 1. The number of urea groups is 1. The van der Waals surface area contributed by atoms with E-state index in [1.54, 1.807) is 0 Å². The van der Waals surface area contributed by atoms with Crippen LogP contribution in [0.5, 0.6) is 0 Å². The molecule has 2 amide bonds. The van der Waals surface area contributed by atoms with Crippen molar-refractivity contribution in [2.45, 2.75) is 38.3 Å². The Balaban J connectivity index is 1.12. The molecule has 1 fully saturated rings. The van der Waals surface area contributed by atoms with Gasteiger partial charge in [-0.15, -0.1) is 10.2 Å². The summed E-state index contributed by atoms with van der Waals surface area (Å²) < 4.78 is 13.1. The SMILES string of the molecule is CC1(c2cccc(NC(=O)NCCCN3CCC(Cc4ccc(F)cc4)CC3)c2)N=NN=N1. The van der Waals surface area contributed by atoms with Crippen molar-refractivity contribution in [3.8, 4) is 0 Å². The number of nitrogens with one attached hydrogen (secondary N) is 2. The number of hydrogen-bond acceptors (Lipinski definition) is 6. The van der Waals surface area contributed by atoms with Gasteiger partial charge in [-0.2, -0.15) is 0 Å². The molecule has 0 saturated carbocycles. The van der Waals surface area contributed by atoms with Crippen molar-refractivity contribution >= 4 is 11.7 Å². The molecule has 0 bridgehead atoms. The third-order valence-corrected chi connectivity index (χ3v) is 6.27. The van der Waals surface area contributed by atoms with Crippen LogP contribution in [0.2, 0.25) is 0 Å². The van der Waals surface area contributed by atoms with Crippen molar-refractivity contribution in [3.05, 3.63) is 65.5 Å². The number of benzene rings is 2. The highest BCUT2D eigenvalue weighted by molar-refractivity contribution is 5.89. The quantitative estimate of drug-likeness (QED) is 0.533. The van der Waals surface area contributed by atoms with Gasteiger partial charge < -0.3 is 15.5 Å². The number of likely N-dealkylation sites (tertiary alicyclic amines) is 1. The molecule has 174 valence electrons. The van der Waals surface area contributed by atoms with Gasteiger partial charge in [0.05, 0.1) is 0 Å². The van der Waals surface area contributed by atoms with E-state index in [4.69, 9.17) is 0 Å². The lowest BCUT2D eigenvalue weighted by molar-refractivity contribution is 0.182. The third-order valence-electron chi connectivity index (χ3n) is 6.27. The number of nitrogens with zero attached hydrogens (tertiary/aromatic N) is 5. The summed E-state index contributed by atoms with van der Waals surface area (Å²) in [6.07, 6.45) is 4.22. The van der Waals surface area contributed by atoms with Gasteiger partial charge in [-0.3, -0.25) is 0 Å². The number of carbonyl (C=O) groups is 1. The Morgan fingerprint density at radius 1 is 1.12 bits per heavy atom. The fraction of sp³-hybridized carbons (Fsp3) is 0.458. The molecule has 33 heavy (non-hydrogen) atoms. The van der Waals surface area contributed by atoms with Gasteiger partial charge in [0.1, 0.15) is 5.82 Å². The summed E-state index contributed by atoms with van der Waals surface area (Å²) in [7, 11) is 0. The van der Waals surface area contributed by atoms with Gasteiger partial charge in [0.25, 0.3) is 0 Å². The molecule has 9 heteroatoms. The predicted octanol–water partition coefficient (Wildman–Crippen LogP) is 5.30. The zero-order chi connectivity index (χ0) is 23.1. The molecule has 0 aliphatic carbocycles. The van der Waals surface area contributed by atoms with Gasteiger partial charge in [-0.1, -0.05) is 24.3 Å². The summed E-state index contributed by atoms with van der Waals surface area (Å²) in [5, 5.41) is 21.0. The van der Waals surface area contributed by atoms with Crippen molar-refractivity contribution < 1.29 is 9.18 Å². The predicted molar refractivity (Wildman–Crippen MR) is 124 cm³/mol. The molecule has 2 aliphatic rings. The van der Waals surface area contributed by atoms with Crippen LogP contribution in [0.4, 0.5) is 14.9 Å². The van der Waals surface area contributed by atoms with E-state index in [9.17, 15) is 9.18 Å². The van der Waals surface area contributed by atoms with Gasteiger partial charge in [0.2, 0.25) is 5.66 Å². The average molecular weight is 452 g/mol. The molecule has 2 aromatic rings. The Kier molecular flexibility index (Phi) is 7.39. The molecular weight excluding hydrogens is 421 g/mol. The molecule has 2 aromatic carbocycles. The average Bonchev–Trinajstić information content (AvgIpc) is 3.27. The van der Waals surface area contributed by atoms with Crippen LogP contribution in [0.1, 0.15) is 37.3 Å². The minimum absolute atomic E-state index is 0.178. The van der Waals surface area contributed by atoms with E-state index in [2.05, 4.69) is 36.2 Å². The second-order valence-corrected chi connectivity index (χ2v) is 8.83. The normalized spacial score (nSPS) is 17.9. The van der Waals surface area contributed by atoms with E-state index < -0.39 is 5.66 Å². The summed E-state index contributed by atoms with van der Waals surface area (Å²) in [6.45, 7) is 5.53. The topological polar surface area (TPSA) is 93.8 Å². The molecule has 2 heterocycles. The van der Waals surface area contributed by atoms with Gasteiger partial charge in [-0.05, 0) is 98.4 Å². The maximum absolute atomic E-state index is 13.1. The summed E-state index contributed by atoms with van der Waals surface area (Å²) in [6, 6.07) is 14.0. The van der Waals surface area contributed by atoms with Crippen molar-refractivity contribution in [3.63, 3.8) is 0 Å². The largest absolute Gasteiger partial charge is 0.338 e. The highest BCUT2D eigenvalue weighted by Crippen LogP contribution is 2.32. The van der Waals surface area contributed by atoms with Crippen LogP contribution >= 0.6 is 0 Å². The van der Waals surface area contributed by atoms with Gasteiger partial charge in [-0.25, -0.2) is 9.18 Å². The third kappa shape index (κ3) is 6.41. The van der Waals surface area contributed by atoms with Crippen LogP contribution < -0.4 is 10.6 Å². The van der Waals surface area contributed by atoms with Crippen LogP contribution in [0.3, 0.4) is 0 Å². The fourth-order valence-corrected chi connectivity index (χ4v) is 4.29. The van der Waals surface area contributed by atoms with Crippen LogP contribution in [0.15, 0.2) is 69.2 Å². The lowest BCUT2D eigenvalue weighted by Gasteiger charge is -2.32. The van der Waals surface area contributed by atoms with Gasteiger partial charge in [0, 0.05) is 17.8 Å². The molecule has 0 aromatic heterocycles. The first kappa shape index (κ1) is 23.0. The van der Waals surface area contributed by atoms with Crippen molar-refractivity contribution in [1.82, 2.24) is 10.2 Å². The monoisotopic (exact) mass is 451 g/mol. The zero-order valence-electron chi connectivity index (χ0n) is 18.9. The zero-order valence-corrected chi connectivity index (χ0v) is 18.9. The fourth-order valence-electron chi connectivity index (χ4n) is 4.29. The molecule has 1 saturated heterocycles. The number of piperidine rings is 1. The van der Waals surface area contributed by atoms with Crippen molar-refractivity contribution in [2.24, 2.45) is 26.6 Å². The number of carbonyl (C=O) groups excluding carboxylic acids is 1. The minimum Gasteiger partial charge on any atom is -0.338 e. The molecule has 0 spiro atoms. The van der Waals surface area contributed by atoms with Crippen LogP contribution in [-0.2, 0) is 12.1 Å². The maximum Gasteiger partial charge on any atom is 0.319 e. The minimum atomic E-state index is -0.833.